The number of benzene rings is 1. The van der Waals surface area contributed by atoms with Crippen LogP contribution in [0.15, 0.2) is 18.2 Å². The zero-order valence-corrected chi connectivity index (χ0v) is 12.3. The van der Waals surface area contributed by atoms with Crippen molar-refractivity contribution in [3.05, 3.63) is 29.3 Å². The Hall–Kier alpha value is -1.10. The average Bonchev–Trinajstić information content (AvgIpc) is 2.42. The van der Waals surface area contributed by atoms with E-state index in [1.807, 2.05) is 27.0 Å². The van der Waals surface area contributed by atoms with Crippen molar-refractivity contribution in [2.75, 3.05) is 26.9 Å². The minimum atomic E-state index is -0.599. The van der Waals surface area contributed by atoms with Crippen molar-refractivity contribution >= 4 is 0 Å². The molecule has 0 radical (unpaired) electrons. The molecular weight excluding hydrogens is 242 g/mol. The summed E-state index contributed by atoms with van der Waals surface area (Å²) in [7, 11) is 1.91. The topological polar surface area (TPSA) is 50.7 Å². The van der Waals surface area contributed by atoms with Gasteiger partial charge in [0.25, 0.3) is 0 Å². The number of ether oxygens (including phenoxy) is 2. The zero-order valence-electron chi connectivity index (χ0n) is 12.3. The van der Waals surface area contributed by atoms with Crippen molar-refractivity contribution in [2.45, 2.75) is 32.9 Å². The maximum absolute atomic E-state index is 9.73. The van der Waals surface area contributed by atoms with Crippen LogP contribution in [0.3, 0.4) is 0 Å². The van der Waals surface area contributed by atoms with Gasteiger partial charge in [-0.15, -0.1) is 0 Å². The molecule has 0 aliphatic heterocycles. The average molecular weight is 267 g/mol. The summed E-state index contributed by atoms with van der Waals surface area (Å²) >= 11 is 0. The predicted molar refractivity (Wildman–Crippen MR) is 76.6 cm³/mol. The molecule has 2 unspecified atom stereocenters. The van der Waals surface area contributed by atoms with E-state index in [1.165, 1.54) is 0 Å². The van der Waals surface area contributed by atoms with Crippen LogP contribution in [0.25, 0.3) is 0 Å². The molecule has 19 heavy (non-hydrogen) atoms. The van der Waals surface area contributed by atoms with Gasteiger partial charge in [-0.25, -0.2) is 0 Å². The van der Waals surface area contributed by atoms with Crippen molar-refractivity contribution in [1.82, 2.24) is 5.32 Å². The molecule has 0 amide bonds. The molecule has 108 valence electrons. The highest BCUT2D eigenvalue weighted by atomic mass is 16.5. The molecule has 0 aliphatic rings. The van der Waals surface area contributed by atoms with E-state index in [1.54, 1.807) is 0 Å². The van der Waals surface area contributed by atoms with Gasteiger partial charge >= 0.3 is 0 Å². The third-order valence-electron chi connectivity index (χ3n) is 3.01. The Labute approximate surface area is 115 Å². The first-order valence-electron chi connectivity index (χ1n) is 6.74. The molecule has 4 nitrogen and oxygen atoms in total. The summed E-state index contributed by atoms with van der Waals surface area (Å²) in [6, 6.07) is 6.32. The van der Waals surface area contributed by atoms with Gasteiger partial charge in [-0.2, -0.15) is 0 Å². The van der Waals surface area contributed by atoms with Crippen LogP contribution in [0.2, 0.25) is 0 Å². The van der Waals surface area contributed by atoms with Gasteiger partial charge in [0, 0.05) is 18.2 Å². The summed E-state index contributed by atoms with van der Waals surface area (Å²) in [4.78, 5) is 0. The highest BCUT2D eigenvalue weighted by Gasteiger charge is 2.12. The smallest absolute Gasteiger partial charge is 0.124 e. The fourth-order valence-electron chi connectivity index (χ4n) is 1.77. The summed E-state index contributed by atoms with van der Waals surface area (Å²) in [6.45, 7) is 7.15. The maximum atomic E-state index is 9.73. The first kappa shape index (κ1) is 16.0. The number of nitrogens with one attached hydrogen (secondary N) is 1. The molecule has 0 aromatic heterocycles. The van der Waals surface area contributed by atoms with Crippen LogP contribution < -0.4 is 10.1 Å². The minimum absolute atomic E-state index is 0.208. The van der Waals surface area contributed by atoms with Crippen LogP contribution in [-0.2, 0) is 4.74 Å². The van der Waals surface area contributed by atoms with E-state index < -0.39 is 6.10 Å². The number of aliphatic hydroxyl groups is 1. The standard InChI is InChI=1S/C15H25NO3/c1-5-18-9-13(17)10-19-15-8-11(2)6-7-14(15)12(3)16-4/h6-8,12-13,16-17H,5,9-10H2,1-4H3. The minimum Gasteiger partial charge on any atom is -0.490 e. The van der Waals surface area contributed by atoms with Crippen molar-refractivity contribution in [3.63, 3.8) is 0 Å². The zero-order chi connectivity index (χ0) is 14.3. The van der Waals surface area contributed by atoms with Crippen LogP contribution in [0.5, 0.6) is 5.75 Å². The van der Waals surface area contributed by atoms with Gasteiger partial charge in [-0.05, 0) is 39.4 Å². The summed E-state index contributed by atoms with van der Waals surface area (Å²) in [5, 5.41) is 12.9. The summed E-state index contributed by atoms with van der Waals surface area (Å²) in [6.07, 6.45) is -0.599. The van der Waals surface area contributed by atoms with E-state index in [9.17, 15) is 5.11 Å². The molecule has 2 atom stereocenters. The maximum Gasteiger partial charge on any atom is 0.124 e. The number of hydrogen-bond acceptors (Lipinski definition) is 4. The number of hydrogen-bond donors (Lipinski definition) is 2. The molecule has 0 heterocycles. The fourth-order valence-corrected chi connectivity index (χ4v) is 1.77. The highest BCUT2D eigenvalue weighted by molar-refractivity contribution is 5.39. The van der Waals surface area contributed by atoms with E-state index in [0.717, 1.165) is 16.9 Å². The molecule has 0 aliphatic carbocycles. The first-order chi connectivity index (χ1) is 9.08. The molecule has 1 rings (SSSR count). The van der Waals surface area contributed by atoms with Gasteiger partial charge in [0.1, 0.15) is 18.5 Å². The summed E-state index contributed by atoms with van der Waals surface area (Å²) in [5.74, 6) is 0.817. The van der Waals surface area contributed by atoms with E-state index in [2.05, 4.69) is 24.4 Å². The lowest BCUT2D eigenvalue weighted by atomic mass is 10.1. The lowest BCUT2D eigenvalue weighted by Crippen LogP contribution is -2.24. The Kier molecular flexibility index (Phi) is 6.84. The third-order valence-corrected chi connectivity index (χ3v) is 3.01. The van der Waals surface area contributed by atoms with Gasteiger partial charge in [0.05, 0.1) is 6.61 Å². The van der Waals surface area contributed by atoms with Crippen molar-refractivity contribution in [3.8, 4) is 5.75 Å². The molecule has 1 aromatic carbocycles. The van der Waals surface area contributed by atoms with Gasteiger partial charge in [-0.3, -0.25) is 0 Å². The lowest BCUT2D eigenvalue weighted by Gasteiger charge is -2.19. The number of aliphatic hydroxyl groups excluding tert-OH is 1. The quantitative estimate of drug-likeness (QED) is 0.757. The number of rotatable bonds is 8. The Balaban J connectivity index is 2.67. The van der Waals surface area contributed by atoms with Crippen LogP contribution >= 0.6 is 0 Å². The Bertz CT molecular complexity index is 382. The molecule has 2 N–H and O–H groups in total. The monoisotopic (exact) mass is 267 g/mol. The predicted octanol–water partition coefficient (Wildman–Crippen LogP) is 2.05. The molecule has 0 saturated carbocycles. The number of aryl methyl sites for hydroxylation is 1. The van der Waals surface area contributed by atoms with E-state index in [4.69, 9.17) is 9.47 Å². The van der Waals surface area contributed by atoms with E-state index >= 15 is 0 Å². The molecule has 1 aromatic rings. The molecular formula is C15H25NO3. The van der Waals surface area contributed by atoms with Crippen molar-refractivity contribution < 1.29 is 14.6 Å². The van der Waals surface area contributed by atoms with E-state index in [-0.39, 0.29) is 12.6 Å². The van der Waals surface area contributed by atoms with Crippen LogP contribution in [0.1, 0.15) is 31.0 Å². The molecule has 0 fully saturated rings. The van der Waals surface area contributed by atoms with Crippen LogP contribution in [-0.4, -0.2) is 38.1 Å². The van der Waals surface area contributed by atoms with Gasteiger partial charge < -0.3 is 19.9 Å². The van der Waals surface area contributed by atoms with Crippen molar-refractivity contribution in [2.24, 2.45) is 0 Å². The third kappa shape index (κ3) is 5.19. The largest absolute Gasteiger partial charge is 0.490 e. The second-order valence-corrected chi connectivity index (χ2v) is 4.68. The second-order valence-electron chi connectivity index (χ2n) is 4.68. The van der Waals surface area contributed by atoms with Crippen molar-refractivity contribution in [1.29, 1.82) is 0 Å². The molecule has 0 spiro atoms. The Morgan fingerprint density at radius 2 is 2.05 bits per heavy atom. The van der Waals surface area contributed by atoms with E-state index in [0.29, 0.717) is 13.2 Å². The first-order valence-corrected chi connectivity index (χ1v) is 6.74. The molecule has 0 bridgehead atoms. The lowest BCUT2D eigenvalue weighted by molar-refractivity contribution is 0.0162. The summed E-state index contributed by atoms with van der Waals surface area (Å²) < 4.78 is 10.9. The fraction of sp³-hybridized carbons (Fsp3) is 0.600. The van der Waals surface area contributed by atoms with Gasteiger partial charge in [0.15, 0.2) is 0 Å². The van der Waals surface area contributed by atoms with Gasteiger partial charge in [0.2, 0.25) is 0 Å². The molecule has 0 saturated heterocycles. The van der Waals surface area contributed by atoms with Crippen LogP contribution in [0.4, 0.5) is 0 Å². The Morgan fingerprint density at radius 3 is 2.68 bits per heavy atom. The normalized spacial score (nSPS) is 14.2. The second kappa shape index (κ2) is 8.15. The summed E-state index contributed by atoms with van der Waals surface area (Å²) in [5.41, 5.74) is 2.23. The Morgan fingerprint density at radius 1 is 1.32 bits per heavy atom. The molecule has 4 heteroatoms. The SMILES string of the molecule is CCOCC(O)COc1cc(C)ccc1C(C)NC. The van der Waals surface area contributed by atoms with Gasteiger partial charge in [-0.1, -0.05) is 12.1 Å². The van der Waals surface area contributed by atoms with Crippen LogP contribution in [0, 0.1) is 6.92 Å². The highest BCUT2D eigenvalue weighted by Crippen LogP contribution is 2.26.